The lowest BCUT2D eigenvalue weighted by Gasteiger charge is -2.34. The van der Waals surface area contributed by atoms with Crippen LogP contribution in [-0.2, 0) is 27.4 Å². The van der Waals surface area contributed by atoms with Crippen LogP contribution in [0.25, 0.3) is 0 Å². The van der Waals surface area contributed by atoms with Gasteiger partial charge < -0.3 is 15.0 Å². The van der Waals surface area contributed by atoms with E-state index in [4.69, 9.17) is 4.74 Å². The van der Waals surface area contributed by atoms with E-state index in [1.807, 2.05) is 47.2 Å². The number of hydrogen-bond donors (Lipinski definition) is 1. The molecule has 1 saturated heterocycles. The predicted molar refractivity (Wildman–Crippen MR) is 87.8 cm³/mol. The fourth-order valence-corrected chi connectivity index (χ4v) is 3.17. The van der Waals surface area contributed by atoms with E-state index in [1.54, 1.807) is 16.2 Å². The maximum Gasteiger partial charge on any atom is 0.249 e. The van der Waals surface area contributed by atoms with Crippen molar-refractivity contribution in [1.29, 1.82) is 0 Å². The van der Waals surface area contributed by atoms with Gasteiger partial charge in [-0.3, -0.25) is 9.59 Å². The molecule has 2 heterocycles. The molecule has 23 heavy (non-hydrogen) atoms. The maximum atomic E-state index is 12.5. The molecule has 6 heteroatoms. The van der Waals surface area contributed by atoms with Gasteiger partial charge >= 0.3 is 0 Å². The first-order chi connectivity index (χ1) is 11.2. The van der Waals surface area contributed by atoms with Crippen molar-refractivity contribution >= 4 is 23.2 Å². The second-order valence-corrected chi connectivity index (χ2v) is 6.17. The molecule has 1 aliphatic rings. The lowest BCUT2D eigenvalue weighted by atomic mass is 10.1. The summed E-state index contributed by atoms with van der Waals surface area (Å²) in [6.45, 7) is 1.14. The van der Waals surface area contributed by atoms with Crippen molar-refractivity contribution in [3.05, 3.63) is 58.3 Å². The van der Waals surface area contributed by atoms with Crippen molar-refractivity contribution in [2.24, 2.45) is 0 Å². The number of carbonyl (C=O) groups excluding carboxylic acids is 2. The van der Waals surface area contributed by atoms with Gasteiger partial charge in [-0.05, 0) is 28.0 Å². The molecule has 1 atom stereocenters. The monoisotopic (exact) mass is 330 g/mol. The van der Waals surface area contributed by atoms with Crippen LogP contribution in [0.4, 0.5) is 0 Å². The summed E-state index contributed by atoms with van der Waals surface area (Å²) in [5.74, 6) is -0.337. The molecule has 0 radical (unpaired) electrons. The van der Waals surface area contributed by atoms with Gasteiger partial charge in [0, 0.05) is 13.1 Å². The van der Waals surface area contributed by atoms with Crippen molar-refractivity contribution in [2.45, 2.75) is 19.1 Å². The van der Waals surface area contributed by atoms with Crippen molar-refractivity contribution < 1.29 is 14.3 Å². The zero-order chi connectivity index (χ0) is 16.1. The summed E-state index contributed by atoms with van der Waals surface area (Å²) in [7, 11) is 0. The van der Waals surface area contributed by atoms with E-state index >= 15 is 0 Å². The number of thiophene rings is 1. The van der Waals surface area contributed by atoms with Gasteiger partial charge in [-0.1, -0.05) is 30.3 Å². The molecule has 0 unspecified atom stereocenters. The van der Waals surface area contributed by atoms with E-state index in [9.17, 15) is 9.59 Å². The van der Waals surface area contributed by atoms with Crippen LogP contribution in [0, 0.1) is 0 Å². The molecule has 0 bridgehead atoms. The molecule has 1 N–H and O–H groups in total. The summed E-state index contributed by atoms with van der Waals surface area (Å²) < 4.78 is 5.27. The first kappa shape index (κ1) is 15.7. The number of ether oxygens (including phenoxy) is 1. The molecule has 1 aromatic heterocycles. The smallest absolute Gasteiger partial charge is 0.249 e. The number of rotatable bonds is 5. The number of amides is 2. The molecule has 1 fully saturated rings. The Balaban J connectivity index is 1.67. The molecule has 1 aliphatic heterocycles. The number of benzene rings is 1. The van der Waals surface area contributed by atoms with Gasteiger partial charge in [-0.15, -0.1) is 0 Å². The van der Waals surface area contributed by atoms with Gasteiger partial charge in [-0.25, -0.2) is 0 Å². The average Bonchev–Trinajstić information content (AvgIpc) is 3.09. The fraction of sp³-hybridized carbons (Fsp3) is 0.294. The Morgan fingerprint density at radius 1 is 1.26 bits per heavy atom. The maximum absolute atomic E-state index is 12.5. The zero-order valence-corrected chi connectivity index (χ0v) is 13.4. The summed E-state index contributed by atoms with van der Waals surface area (Å²) in [5.41, 5.74) is 2.05. The van der Waals surface area contributed by atoms with Crippen LogP contribution in [-0.4, -0.2) is 36.0 Å². The molecule has 0 spiro atoms. The number of morpholine rings is 1. The molecular formula is C17H18N2O3S. The first-order valence-electron chi connectivity index (χ1n) is 7.44. The van der Waals surface area contributed by atoms with Gasteiger partial charge in [0.05, 0.1) is 6.61 Å². The van der Waals surface area contributed by atoms with Crippen molar-refractivity contribution in [1.82, 2.24) is 10.2 Å². The Bertz CT molecular complexity index is 658. The predicted octanol–water partition coefficient (Wildman–Crippen LogP) is 1.79. The molecule has 120 valence electrons. The highest BCUT2D eigenvalue weighted by Gasteiger charge is 2.33. The second-order valence-electron chi connectivity index (χ2n) is 5.39. The summed E-state index contributed by atoms with van der Waals surface area (Å²) in [5, 5.41) is 6.84. The highest BCUT2D eigenvalue weighted by molar-refractivity contribution is 7.07. The quantitative estimate of drug-likeness (QED) is 0.909. The van der Waals surface area contributed by atoms with Crippen LogP contribution in [0.2, 0.25) is 0 Å². The molecule has 2 aromatic rings. The second kappa shape index (κ2) is 7.39. The fourth-order valence-electron chi connectivity index (χ4n) is 2.50. The van der Waals surface area contributed by atoms with Gasteiger partial charge in [0.15, 0.2) is 0 Å². The Hall–Kier alpha value is -2.18. The van der Waals surface area contributed by atoms with Crippen molar-refractivity contribution in [2.75, 3.05) is 13.2 Å². The van der Waals surface area contributed by atoms with Crippen LogP contribution in [0.3, 0.4) is 0 Å². The van der Waals surface area contributed by atoms with Gasteiger partial charge in [0.1, 0.15) is 12.6 Å². The van der Waals surface area contributed by atoms with Crippen LogP contribution in [0.1, 0.15) is 11.1 Å². The van der Waals surface area contributed by atoms with Gasteiger partial charge in [0.25, 0.3) is 0 Å². The summed E-state index contributed by atoms with van der Waals surface area (Å²) in [6.07, 6.45) is 0. The molecule has 2 amide bonds. The topological polar surface area (TPSA) is 58.6 Å². The summed E-state index contributed by atoms with van der Waals surface area (Å²) >= 11 is 1.59. The van der Waals surface area contributed by atoms with Crippen LogP contribution >= 0.6 is 11.3 Å². The summed E-state index contributed by atoms with van der Waals surface area (Å²) in [4.78, 5) is 26.2. The molecule has 5 nitrogen and oxygen atoms in total. The van der Waals surface area contributed by atoms with E-state index in [0.717, 1.165) is 11.1 Å². The Morgan fingerprint density at radius 3 is 2.83 bits per heavy atom. The summed E-state index contributed by atoms with van der Waals surface area (Å²) in [6, 6.07) is 11.0. The molecule has 1 aromatic carbocycles. The van der Waals surface area contributed by atoms with Gasteiger partial charge in [0.2, 0.25) is 11.8 Å². The molecule has 0 aliphatic carbocycles. The van der Waals surface area contributed by atoms with E-state index in [1.165, 1.54) is 0 Å². The van der Waals surface area contributed by atoms with Gasteiger partial charge in [-0.2, -0.15) is 11.3 Å². The first-order valence-corrected chi connectivity index (χ1v) is 8.38. The lowest BCUT2D eigenvalue weighted by Crippen LogP contribution is -2.55. The van der Waals surface area contributed by atoms with Crippen molar-refractivity contribution in [3.63, 3.8) is 0 Å². The number of nitrogens with one attached hydrogen (secondary N) is 1. The normalized spacial score (nSPS) is 18.0. The van der Waals surface area contributed by atoms with Crippen LogP contribution in [0.5, 0.6) is 0 Å². The van der Waals surface area contributed by atoms with E-state index in [-0.39, 0.29) is 25.0 Å². The third kappa shape index (κ3) is 3.97. The minimum Gasteiger partial charge on any atom is -0.369 e. The Morgan fingerprint density at radius 2 is 2.09 bits per heavy atom. The minimum atomic E-state index is -0.588. The zero-order valence-electron chi connectivity index (χ0n) is 12.6. The Labute approximate surface area is 138 Å². The third-order valence-electron chi connectivity index (χ3n) is 3.74. The van der Waals surface area contributed by atoms with Crippen molar-refractivity contribution in [3.8, 4) is 0 Å². The minimum absolute atomic E-state index is 0.0289. The lowest BCUT2D eigenvalue weighted by molar-refractivity contribution is -0.155. The SMILES string of the molecule is O=C(NCc1ccsc1)[C@H]1COCC(=O)N1Cc1ccccc1. The largest absolute Gasteiger partial charge is 0.369 e. The molecule has 0 saturated carbocycles. The number of hydrogen-bond acceptors (Lipinski definition) is 4. The van der Waals surface area contributed by atoms with E-state index in [2.05, 4.69) is 5.32 Å². The highest BCUT2D eigenvalue weighted by atomic mass is 32.1. The van der Waals surface area contributed by atoms with Crippen LogP contribution in [0.15, 0.2) is 47.2 Å². The Kier molecular flexibility index (Phi) is 5.05. The third-order valence-corrected chi connectivity index (χ3v) is 4.48. The molecular weight excluding hydrogens is 312 g/mol. The highest BCUT2D eigenvalue weighted by Crippen LogP contribution is 2.14. The average molecular weight is 330 g/mol. The van der Waals surface area contributed by atoms with E-state index in [0.29, 0.717) is 13.1 Å². The number of nitrogens with zero attached hydrogens (tertiary/aromatic N) is 1. The standard InChI is InChI=1S/C17H18N2O3S/c20-16-11-22-10-15(17(21)18-8-14-6-7-23-12-14)19(16)9-13-4-2-1-3-5-13/h1-7,12,15H,8-11H2,(H,18,21)/t15-/m1/s1. The molecule has 3 rings (SSSR count). The number of carbonyl (C=O) groups is 2. The van der Waals surface area contributed by atoms with E-state index < -0.39 is 6.04 Å². The van der Waals surface area contributed by atoms with Crippen LogP contribution < -0.4 is 5.32 Å².